The first-order valence-corrected chi connectivity index (χ1v) is 8.81. The van der Waals surface area contributed by atoms with E-state index in [1.165, 1.54) is 0 Å². The Bertz CT molecular complexity index is 893. The Hall–Kier alpha value is -2.78. The molecular formula is C20H18ClN5. The van der Waals surface area contributed by atoms with E-state index in [9.17, 15) is 15.8 Å². The number of rotatable bonds is 2. The molecule has 5 nitrogen and oxygen atoms in total. The maximum Gasteiger partial charge on any atom is 0.191 e. The normalized spacial score (nSPS) is 24.7. The van der Waals surface area contributed by atoms with Crippen LogP contribution in [0.2, 0.25) is 5.02 Å². The molecule has 0 radical (unpaired) electrons. The van der Waals surface area contributed by atoms with Crippen molar-refractivity contribution in [2.45, 2.75) is 12.8 Å². The van der Waals surface area contributed by atoms with Crippen molar-refractivity contribution < 1.29 is 0 Å². The third-order valence-corrected chi connectivity index (χ3v) is 5.67. The number of nitrogens with two attached hydrogens (primary N) is 1. The van der Waals surface area contributed by atoms with Gasteiger partial charge in [-0.3, -0.25) is 4.90 Å². The highest BCUT2D eigenvalue weighted by atomic mass is 35.5. The van der Waals surface area contributed by atoms with Crippen molar-refractivity contribution in [1.29, 1.82) is 15.8 Å². The summed E-state index contributed by atoms with van der Waals surface area (Å²) in [5, 5.41) is 30.2. The summed E-state index contributed by atoms with van der Waals surface area (Å²) in [6.45, 7) is 4.30. The van der Waals surface area contributed by atoms with E-state index >= 15 is 0 Å². The second-order valence-electron chi connectivity index (χ2n) is 6.58. The van der Waals surface area contributed by atoms with Crippen LogP contribution in [-0.2, 0) is 0 Å². The van der Waals surface area contributed by atoms with Gasteiger partial charge in [-0.25, -0.2) is 0 Å². The van der Waals surface area contributed by atoms with Gasteiger partial charge in [0.2, 0.25) is 0 Å². The summed E-state index contributed by atoms with van der Waals surface area (Å²) in [7, 11) is 0. The summed E-state index contributed by atoms with van der Waals surface area (Å²) in [4.78, 5) is 2.23. The molecule has 1 heterocycles. The van der Waals surface area contributed by atoms with E-state index < -0.39 is 11.3 Å². The molecule has 2 aliphatic rings. The summed E-state index contributed by atoms with van der Waals surface area (Å²) in [6.07, 6.45) is 2.00. The maximum atomic E-state index is 9.97. The number of hydrogen-bond donors (Lipinski definition) is 1. The third-order valence-electron chi connectivity index (χ3n) is 5.42. The molecule has 1 aliphatic heterocycles. The van der Waals surface area contributed by atoms with Crippen molar-refractivity contribution in [1.82, 2.24) is 4.90 Å². The standard InChI is InChI=1S/C20H18ClN5/c1-2-26-8-7-15-16(9-22)19(25)20(11-23,12-24)18(17(15)10-26)13-3-5-14(21)6-4-13/h3-7,17-18H,2,8,10,25H2,1H3/t17-,18+/m0/s1. The predicted octanol–water partition coefficient (Wildman–Crippen LogP) is 3.09. The first-order valence-electron chi connectivity index (χ1n) is 8.43. The lowest BCUT2D eigenvalue weighted by molar-refractivity contribution is 0.214. The van der Waals surface area contributed by atoms with E-state index in [-0.39, 0.29) is 17.2 Å². The van der Waals surface area contributed by atoms with E-state index in [0.29, 0.717) is 11.6 Å². The monoisotopic (exact) mass is 363 g/mol. The quantitative estimate of drug-likeness (QED) is 0.870. The summed E-state index contributed by atoms with van der Waals surface area (Å²) >= 11 is 6.02. The van der Waals surface area contributed by atoms with Crippen LogP contribution in [0.1, 0.15) is 18.4 Å². The van der Waals surface area contributed by atoms with Crippen molar-refractivity contribution in [3.05, 3.63) is 57.8 Å². The number of allylic oxidation sites excluding steroid dienone is 2. The number of nitriles is 3. The third kappa shape index (κ3) is 2.56. The zero-order valence-corrected chi connectivity index (χ0v) is 15.2. The van der Waals surface area contributed by atoms with Gasteiger partial charge in [-0.2, -0.15) is 15.8 Å². The Kier molecular flexibility index (Phi) is 4.75. The van der Waals surface area contributed by atoms with Gasteiger partial charge in [0, 0.05) is 29.9 Å². The Morgan fingerprint density at radius 3 is 2.42 bits per heavy atom. The number of likely N-dealkylation sites (N-methyl/N-ethyl adjacent to an activating group) is 1. The van der Waals surface area contributed by atoms with Crippen LogP contribution in [0, 0.1) is 45.3 Å². The van der Waals surface area contributed by atoms with E-state index in [2.05, 4.69) is 30.0 Å². The van der Waals surface area contributed by atoms with Gasteiger partial charge < -0.3 is 5.73 Å². The van der Waals surface area contributed by atoms with Gasteiger partial charge in [-0.05, 0) is 29.8 Å². The molecule has 0 saturated carbocycles. The van der Waals surface area contributed by atoms with Crippen molar-refractivity contribution in [2.75, 3.05) is 19.6 Å². The first-order chi connectivity index (χ1) is 12.5. The van der Waals surface area contributed by atoms with Crippen molar-refractivity contribution in [3.8, 4) is 18.2 Å². The van der Waals surface area contributed by atoms with Gasteiger partial charge in [0.1, 0.15) is 6.07 Å². The molecule has 0 fully saturated rings. The maximum absolute atomic E-state index is 9.97. The van der Waals surface area contributed by atoms with Crippen molar-refractivity contribution >= 4 is 11.6 Å². The lowest BCUT2D eigenvalue weighted by atomic mass is 9.58. The second-order valence-corrected chi connectivity index (χ2v) is 7.02. The molecule has 0 amide bonds. The first kappa shape index (κ1) is 18.0. The molecule has 3 rings (SSSR count). The molecule has 1 aliphatic carbocycles. The average Bonchev–Trinajstić information content (AvgIpc) is 2.68. The highest BCUT2D eigenvalue weighted by Crippen LogP contribution is 2.54. The van der Waals surface area contributed by atoms with Crippen molar-refractivity contribution in [3.63, 3.8) is 0 Å². The summed E-state index contributed by atoms with van der Waals surface area (Å²) < 4.78 is 0. The Morgan fingerprint density at radius 2 is 1.88 bits per heavy atom. The van der Waals surface area contributed by atoms with E-state index in [4.69, 9.17) is 17.3 Å². The average molecular weight is 364 g/mol. The Morgan fingerprint density at radius 1 is 1.23 bits per heavy atom. The number of halogens is 1. The number of benzene rings is 1. The molecule has 0 spiro atoms. The Labute approximate surface area is 158 Å². The highest BCUT2D eigenvalue weighted by Gasteiger charge is 2.54. The summed E-state index contributed by atoms with van der Waals surface area (Å²) in [5.41, 5.74) is 6.67. The molecule has 130 valence electrons. The van der Waals surface area contributed by atoms with Crippen LogP contribution in [0.5, 0.6) is 0 Å². The second kappa shape index (κ2) is 6.85. The van der Waals surface area contributed by atoms with Crippen LogP contribution in [0.4, 0.5) is 0 Å². The zero-order chi connectivity index (χ0) is 18.9. The Balaban J connectivity index is 2.30. The summed E-state index contributed by atoms with van der Waals surface area (Å²) in [6, 6.07) is 13.6. The molecule has 1 aromatic carbocycles. The zero-order valence-electron chi connectivity index (χ0n) is 14.4. The summed E-state index contributed by atoms with van der Waals surface area (Å²) in [5.74, 6) is -0.626. The van der Waals surface area contributed by atoms with Gasteiger partial charge in [0.15, 0.2) is 5.41 Å². The van der Waals surface area contributed by atoms with Gasteiger partial charge >= 0.3 is 0 Å². The van der Waals surface area contributed by atoms with Gasteiger partial charge in [-0.15, -0.1) is 0 Å². The van der Waals surface area contributed by atoms with Crippen molar-refractivity contribution in [2.24, 2.45) is 17.1 Å². The smallest absolute Gasteiger partial charge is 0.191 e. The van der Waals surface area contributed by atoms with Crippen LogP contribution in [0.25, 0.3) is 0 Å². The van der Waals surface area contributed by atoms with Crippen LogP contribution >= 0.6 is 11.6 Å². The molecular weight excluding hydrogens is 346 g/mol. The van der Waals surface area contributed by atoms with E-state index in [1.807, 2.05) is 18.2 Å². The molecule has 2 atom stereocenters. The number of hydrogen-bond acceptors (Lipinski definition) is 5. The van der Waals surface area contributed by atoms with Gasteiger partial charge in [0.25, 0.3) is 0 Å². The molecule has 1 aromatic rings. The fourth-order valence-electron chi connectivity index (χ4n) is 4.04. The fraction of sp³-hybridized carbons (Fsp3) is 0.350. The molecule has 26 heavy (non-hydrogen) atoms. The molecule has 6 heteroatoms. The minimum Gasteiger partial charge on any atom is -0.399 e. The topological polar surface area (TPSA) is 101 Å². The van der Waals surface area contributed by atoms with Crippen LogP contribution in [-0.4, -0.2) is 24.5 Å². The fourth-order valence-corrected chi connectivity index (χ4v) is 4.17. The molecule has 0 bridgehead atoms. The predicted molar refractivity (Wildman–Crippen MR) is 98.4 cm³/mol. The van der Waals surface area contributed by atoms with E-state index in [0.717, 1.165) is 24.2 Å². The lowest BCUT2D eigenvalue weighted by Gasteiger charge is -2.45. The SMILES string of the molecule is CCN1CC=C2C(C#N)=C(N)C(C#N)(C#N)[C@H](c3ccc(Cl)cc3)[C@H]2C1. The van der Waals surface area contributed by atoms with Gasteiger partial charge in [0.05, 0.1) is 23.4 Å². The van der Waals surface area contributed by atoms with Crippen LogP contribution < -0.4 is 5.73 Å². The minimum absolute atomic E-state index is 0.0531. The van der Waals surface area contributed by atoms with Gasteiger partial charge in [-0.1, -0.05) is 36.7 Å². The minimum atomic E-state index is -1.59. The highest BCUT2D eigenvalue weighted by molar-refractivity contribution is 6.30. The molecule has 0 saturated heterocycles. The van der Waals surface area contributed by atoms with Crippen LogP contribution in [0.15, 0.2) is 47.2 Å². The molecule has 0 unspecified atom stereocenters. The van der Waals surface area contributed by atoms with Crippen LogP contribution in [0.3, 0.4) is 0 Å². The lowest BCUT2D eigenvalue weighted by Crippen LogP contribution is -2.48. The van der Waals surface area contributed by atoms with E-state index in [1.54, 1.807) is 12.1 Å². The molecule has 0 aromatic heterocycles. The largest absolute Gasteiger partial charge is 0.399 e. The molecule has 2 N–H and O–H groups in total. The number of nitrogens with zero attached hydrogens (tertiary/aromatic N) is 4. The number of fused-ring (bicyclic) bond motifs is 1.